The summed E-state index contributed by atoms with van der Waals surface area (Å²) in [5.41, 5.74) is 7.00. The molecule has 1 amide bonds. The standard InChI is InChI=1S/C17H22N2O2/c1-13-9-14(5-3-7-18)11-15(10-13)16(20)19-8-4-6-17(2,21)12-19/h9-11,21H,4,6-8,12,18H2,1-2H3. The molecule has 21 heavy (non-hydrogen) atoms. The van der Waals surface area contributed by atoms with Gasteiger partial charge in [-0.3, -0.25) is 4.79 Å². The first kappa shape index (κ1) is 15.6. The van der Waals surface area contributed by atoms with Gasteiger partial charge in [0.25, 0.3) is 5.91 Å². The van der Waals surface area contributed by atoms with Gasteiger partial charge in [-0.15, -0.1) is 0 Å². The first-order valence-corrected chi connectivity index (χ1v) is 7.23. The number of amides is 1. The van der Waals surface area contributed by atoms with Gasteiger partial charge < -0.3 is 15.7 Å². The average Bonchev–Trinajstić information content (AvgIpc) is 2.42. The van der Waals surface area contributed by atoms with Crippen LogP contribution in [0.5, 0.6) is 0 Å². The van der Waals surface area contributed by atoms with E-state index in [1.165, 1.54) is 0 Å². The van der Waals surface area contributed by atoms with Crippen LogP contribution in [0.4, 0.5) is 0 Å². The molecular weight excluding hydrogens is 264 g/mol. The molecule has 0 saturated carbocycles. The molecule has 1 heterocycles. The highest BCUT2D eigenvalue weighted by molar-refractivity contribution is 5.95. The number of β-amino-alcohol motifs (C(OH)–C–C–N with tert-alkyl or cyclic N) is 1. The lowest BCUT2D eigenvalue weighted by atomic mass is 9.94. The van der Waals surface area contributed by atoms with Gasteiger partial charge in [-0.1, -0.05) is 11.8 Å². The van der Waals surface area contributed by atoms with Crippen LogP contribution in [0, 0.1) is 18.8 Å². The molecule has 0 bridgehead atoms. The highest BCUT2D eigenvalue weighted by Gasteiger charge is 2.31. The summed E-state index contributed by atoms with van der Waals surface area (Å²) in [6, 6.07) is 5.59. The first-order chi connectivity index (χ1) is 9.91. The number of carbonyl (C=O) groups excluding carboxylic acids is 1. The molecule has 2 rings (SSSR count). The molecule has 0 aliphatic carbocycles. The minimum Gasteiger partial charge on any atom is -0.388 e. The zero-order chi connectivity index (χ0) is 15.5. The minimum absolute atomic E-state index is 0.0468. The molecule has 1 aliphatic rings. The number of aliphatic hydroxyl groups is 1. The van der Waals surface area contributed by atoms with E-state index >= 15 is 0 Å². The third-order valence-corrected chi connectivity index (χ3v) is 3.62. The molecule has 1 aromatic rings. The Hall–Kier alpha value is -1.83. The van der Waals surface area contributed by atoms with E-state index < -0.39 is 5.60 Å². The summed E-state index contributed by atoms with van der Waals surface area (Å²) >= 11 is 0. The lowest BCUT2D eigenvalue weighted by Gasteiger charge is -2.36. The van der Waals surface area contributed by atoms with Gasteiger partial charge in [-0.2, -0.15) is 0 Å². The number of piperidine rings is 1. The molecule has 1 aromatic carbocycles. The fourth-order valence-corrected chi connectivity index (χ4v) is 2.71. The summed E-state index contributed by atoms with van der Waals surface area (Å²) in [4.78, 5) is 14.3. The SMILES string of the molecule is Cc1cc(C#CCN)cc(C(=O)N2CCCC(C)(O)C2)c1. The molecule has 1 unspecified atom stereocenters. The zero-order valence-corrected chi connectivity index (χ0v) is 12.6. The number of nitrogens with two attached hydrogens (primary N) is 1. The molecule has 3 N–H and O–H groups in total. The van der Waals surface area contributed by atoms with Crippen molar-refractivity contribution < 1.29 is 9.90 Å². The van der Waals surface area contributed by atoms with E-state index in [-0.39, 0.29) is 5.91 Å². The molecule has 1 atom stereocenters. The van der Waals surface area contributed by atoms with Crippen molar-refractivity contribution in [2.45, 2.75) is 32.3 Å². The number of aryl methyl sites for hydroxylation is 1. The molecule has 112 valence electrons. The maximum atomic E-state index is 12.6. The van der Waals surface area contributed by atoms with Crippen LogP contribution >= 0.6 is 0 Å². The molecule has 1 saturated heterocycles. The normalized spacial score (nSPS) is 21.6. The Bertz CT molecular complexity index is 597. The van der Waals surface area contributed by atoms with Crippen molar-refractivity contribution in [3.05, 3.63) is 34.9 Å². The van der Waals surface area contributed by atoms with Gasteiger partial charge in [0.2, 0.25) is 0 Å². The average molecular weight is 286 g/mol. The Morgan fingerprint density at radius 1 is 1.48 bits per heavy atom. The van der Waals surface area contributed by atoms with Crippen LogP contribution in [0.2, 0.25) is 0 Å². The summed E-state index contributed by atoms with van der Waals surface area (Å²) in [7, 11) is 0. The van der Waals surface area contributed by atoms with Gasteiger partial charge >= 0.3 is 0 Å². The molecule has 1 fully saturated rings. The number of hydrogen-bond acceptors (Lipinski definition) is 3. The predicted octanol–water partition coefficient (Wildman–Crippen LogP) is 1.29. The van der Waals surface area contributed by atoms with Crippen molar-refractivity contribution in [1.82, 2.24) is 4.90 Å². The third kappa shape index (κ3) is 4.07. The van der Waals surface area contributed by atoms with Crippen LogP contribution in [0.1, 0.15) is 41.3 Å². The minimum atomic E-state index is -0.792. The number of rotatable bonds is 1. The van der Waals surface area contributed by atoms with Gasteiger partial charge in [0.15, 0.2) is 0 Å². The fourth-order valence-electron chi connectivity index (χ4n) is 2.71. The van der Waals surface area contributed by atoms with Crippen LogP contribution in [-0.2, 0) is 0 Å². The van der Waals surface area contributed by atoms with Crippen molar-refractivity contribution in [1.29, 1.82) is 0 Å². The second kappa shape index (κ2) is 6.30. The Kier molecular flexibility index (Phi) is 4.66. The van der Waals surface area contributed by atoms with E-state index in [0.717, 1.165) is 24.0 Å². The topological polar surface area (TPSA) is 66.6 Å². The Morgan fingerprint density at radius 2 is 2.24 bits per heavy atom. The Morgan fingerprint density at radius 3 is 2.90 bits per heavy atom. The number of nitrogens with zero attached hydrogens (tertiary/aromatic N) is 1. The maximum Gasteiger partial charge on any atom is 0.254 e. The monoisotopic (exact) mass is 286 g/mol. The van der Waals surface area contributed by atoms with Crippen LogP contribution in [0.15, 0.2) is 18.2 Å². The van der Waals surface area contributed by atoms with Crippen molar-refractivity contribution >= 4 is 5.91 Å². The van der Waals surface area contributed by atoms with Gasteiger partial charge in [0, 0.05) is 24.2 Å². The third-order valence-electron chi connectivity index (χ3n) is 3.62. The fraction of sp³-hybridized carbons (Fsp3) is 0.471. The van der Waals surface area contributed by atoms with Crippen LogP contribution in [-0.4, -0.2) is 41.1 Å². The highest BCUT2D eigenvalue weighted by Crippen LogP contribution is 2.22. The van der Waals surface area contributed by atoms with Gasteiger partial charge in [-0.05, 0) is 50.5 Å². The second-order valence-electron chi connectivity index (χ2n) is 5.92. The summed E-state index contributed by atoms with van der Waals surface area (Å²) in [6.45, 7) is 5.08. The molecule has 0 radical (unpaired) electrons. The summed E-state index contributed by atoms with van der Waals surface area (Å²) < 4.78 is 0. The molecule has 0 aromatic heterocycles. The lowest BCUT2D eigenvalue weighted by Crippen LogP contribution is -2.48. The quantitative estimate of drug-likeness (QED) is 0.765. The van der Waals surface area contributed by atoms with Crippen LogP contribution < -0.4 is 5.73 Å². The van der Waals surface area contributed by atoms with E-state index in [0.29, 0.717) is 25.2 Å². The van der Waals surface area contributed by atoms with Crippen molar-refractivity contribution in [2.24, 2.45) is 5.73 Å². The number of benzene rings is 1. The van der Waals surface area contributed by atoms with Gasteiger partial charge in [0.05, 0.1) is 12.1 Å². The molecule has 4 heteroatoms. The van der Waals surface area contributed by atoms with Crippen LogP contribution in [0.25, 0.3) is 0 Å². The van der Waals surface area contributed by atoms with E-state index in [1.807, 2.05) is 19.1 Å². The predicted molar refractivity (Wildman–Crippen MR) is 82.9 cm³/mol. The lowest BCUT2D eigenvalue weighted by molar-refractivity contribution is -0.0107. The molecular formula is C17H22N2O2. The number of carbonyl (C=O) groups is 1. The first-order valence-electron chi connectivity index (χ1n) is 7.23. The van der Waals surface area contributed by atoms with Gasteiger partial charge in [-0.25, -0.2) is 0 Å². The van der Waals surface area contributed by atoms with Crippen LogP contribution in [0.3, 0.4) is 0 Å². The summed E-state index contributed by atoms with van der Waals surface area (Å²) in [5.74, 6) is 5.72. The van der Waals surface area contributed by atoms with E-state index in [1.54, 1.807) is 17.9 Å². The van der Waals surface area contributed by atoms with E-state index in [4.69, 9.17) is 5.73 Å². The van der Waals surface area contributed by atoms with Crippen molar-refractivity contribution in [2.75, 3.05) is 19.6 Å². The number of hydrogen-bond donors (Lipinski definition) is 2. The summed E-state index contributed by atoms with van der Waals surface area (Å²) in [5, 5.41) is 10.1. The Balaban J connectivity index is 2.24. The number of likely N-dealkylation sites (tertiary alicyclic amines) is 1. The molecule has 1 aliphatic heterocycles. The van der Waals surface area contributed by atoms with Crippen molar-refractivity contribution in [3.8, 4) is 11.8 Å². The largest absolute Gasteiger partial charge is 0.388 e. The summed E-state index contributed by atoms with van der Waals surface area (Å²) in [6.07, 6.45) is 1.56. The smallest absolute Gasteiger partial charge is 0.254 e. The van der Waals surface area contributed by atoms with Crippen molar-refractivity contribution in [3.63, 3.8) is 0 Å². The molecule has 4 nitrogen and oxygen atoms in total. The Labute approximate surface area is 125 Å². The van der Waals surface area contributed by atoms with E-state index in [2.05, 4.69) is 11.8 Å². The van der Waals surface area contributed by atoms with Gasteiger partial charge in [0.1, 0.15) is 0 Å². The molecule has 0 spiro atoms. The highest BCUT2D eigenvalue weighted by atomic mass is 16.3. The van der Waals surface area contributed by atoms with E-state index in [9.17, 15) is 9.90 Å². The maximum absolute atomic E-state index is 12.6. The second-order valence-corrected chi connectivity index (χ2v) is 5.92. The zero-order valence-electron chi connectivity index (χ0n) is 12.6.